The van der Waals surface area contributed by atoms with E-state index in [9.17, 15) is 9.59 Å². The molecule has 2 amide bonds. The predicted molar refractivity (Wildman–Crippen MR) is 159 cm³/mol. The van der Waals surface area contributed by atoms with Crippen molar-refractivity contribution in [2.45, 2.75) is 64.6 Å². The molecule has 0 atom stereocenters. The summed E-state index contributed by atoms with van der Waals surface area (Å²) in [7, 11) is 1.66. The van der Waals surface area contributed by atoms with E-state index in [0.717, 1.165) is 48.0 Å². The van der Waals surface area contributed by atoms with E-state index < -0.39 is 0 Å². The second-order valence-electron chi connectivity index (χ2n) is 10.5. The molecule has 1 aromatic heterocycles. The summed E-state index contributed by atoms with van der Waals surface area (Å²) in [5.74, 6) is -0.0857. The fourth-order valence-corrected chi connectivity index (χ4v) is 5.68. The highest BCUT2D eigenvalue weighted by Crippen LogP contribution is 2.25. The highest BCUT2D eigenvalue weighted by Gasteiger charge is 2.29. The molecule has 0 N–H and O–H groups in total. The monoisotopic (exact) mass is 593 g/mol. The van der Waals surface area contributed by atoms with E-state index in [1.807, 2.05) is 36.1 Å². The molecule has 39 heavy (non-hydrogen) atoms. The molecule has 1 saturated carbocycles. The Labute approximate surface area is 241 Å². The quantitative estimate of drug-likeness (QED) is 0.227. The second kappa shape index (κ2) is 14.5. The minimum atomic E-state index is -0.0974. The number of ether oxygens (including phenoxy) is 1. The minimum Gasteiger partial charge on any atom is -0.385 e. The molecule has 7 heteroatoms. The lowest BCUT2D eigenvalue weighted by molar-refractivity contribution is -0.135. The molecule has 0 bridgehead atoms. The van der Waals surface area contributed by atoms with Gasteiger partial charge in [-0.1, -0.05) is 65.5 Å². The van der Waals surface area contributed by atoms with Gasteiger partial charge in [0.1, 0.15) is 6.54 Å². The van der Waals surface area contributed by atoms with Crippen LogP contribution in [-0.2, 0) is 22.6 Å². The van der Waals surface area contributed by atoms with E-state index in [1.54, 1.807) is 12.0 Å². The van der Waals surface area contributed by atoms with E-state index in [0.29, 0.717) is 31.7 Å². The summed E-state index contributed by atoms with van der Waals surface area (Å²) in [5, 5.41) is 0. The molecular formula is C32H40BrN3O3. The molecule has 0 aliphatic heterocycles. The van der Waals surface area contributed by atoms with Crippen molar-refractivity contribution in [2.75, 3.05) is 26.8 Å². The molecule has 208 valence electrons. The third-order valence-electron chi connectivity index (χ3n) is 7.62. The van der Waals surface area contributed by atoms with Crippen molar-refractivity contribution in [3.05, 3.63) is 93.7 Å². The predicted octanol–water partition coefficient (Wildman–Crippen LogP) is 6.45. The van der Waals surface area contributed by atoms with Crippen molar-refractivity contribution in [3.63, 3.8) is 0 Å². The maximum Gasteiger partial charge on any atom is 0.254 e. The van der Waals surface area contributed by atoms with Crippen LogP contribution in [0.1, 0.15) is 65.7 Å². The van der Waals surface area contributed by atoms with E-state index in [4.69, 9.17) is 4.74 Å². The second-order valence-corrected chi connectivity index (χ2v) is 11.4. The Hall–Kier alpha value is -2.90. The highest BCUT2D eigenvalue weighted by molar-refractivity contribution is 9.10. The molecule has 1 fully saturated rings. The van der Waals surface area contributed by atoms with Crippen LogP contribution in [0.2, 0.25) is 0 Å². The number of methoxy groups -OCH3 is 1. The van der Waals surface area contributed by atoms with Gasteiger partial charge in [0.15, 0.2) is 0 Å². The summed E-state index contributed by atoms with van der Waals surface area (Å²) in [6.45, 7) is 4.32. The first kappa shape index (κ1) is 29.1. The van der Waals surface area contributed by atoms with Crippen LogP contribution in [-0.4, -0.2) is 59.0 Å². The molecule has 3 aromatic rings. The molecule has 1 aliphatic rings. The van der Waals surface area contributed by atoms with Crippen molar-refractivity contribution in [1.29, 1.82) is 0 Å². The van der Waals surface area contributed by atoms with Crippen molar-refractivity contribution in [1.82, 2.24) is 14.4 Å². The van der Waals surface area contributed by atoms with Gasteiger partial charge < -0.3 is 19.1 Å². The minimum absolute atomic E-state index is 0.0117. The van der Waals surface area contributed by atoms with Gasteiger partial charge in [-0.2, -0.15) is 0 Å². The smallest absolute Gasteiger partial charge is 0.254 e. The van der Waals surface area contributed by atoms with Crippen LogP contribution in [0, 0.1) is 6.92 Å². The number of carbonyl (C=O) groups is 2. The molecule has 2 aromatic carbocycles. The lowest BCUT2D eigenvalue weighted by Gasteiger charge is -2.36. The fraction of sp³-hybridized carbons (Fsp3) is 0.438. The highest BCUT2D eigenvalue weighted by atomic mass is 79.9. The lowest BCUT2D eigenvalue weighted by Crippen LogP contribution is -2.48. The normalized spacial score (nSPS) is 13.8. The number of halogens is 1. The number of nitrogens with zero attached hydrogens (tertiary/aromatic N) is 3. The van der Waals surface area contributed by atoms with Gasteiger partial charge in [0.2, 0.25) is 5.91 Å². The van der Waals surface area contributed by atoms with Crippen LogP contribution < -0.4 is 0 Å². The Morgan fingerprint density at radius 3 is 2.46 bits per heavy atom. The van der Waals surface area contributed by atoms with E-state index in [2.05, 4.69) is 63.1 Å². The zero-order chi connectivity index (χ0) is 27.6. The van der Waals surface area contributed by atoms with Crippen LogP contribution in [0.25, 0.3) is 0 Å². The zero-order valence-corrected chi connectivity index (χ0v) is 24.7. The van der Waals surface area contributed by atoms with Crippen LogP contribution >= 0.6 is 15.9 Å². The molecule has 0 saturated heterocycles. The molecular weight excluding hydrogens is 554 g/mol. The van der Waals surface area contributed by atoms with Crippen LogP contribution in [0.5, 0.6) is 0 Å². The van der Waals surface area contributed by atoms with E-state index >= 15 is 0 Å². The molecule has 0 spiro atoms. The first-order valence-electron chi connectivity index (χ1n) is 14.0. The van der Waals surface area contributed by atoms with Crippen LogP contribution in [0.15, 0.2) is 71.3 Å². The van der Waals surface area contributed by atoms with Gasteiger partial charge in [-0.25, -0.2) is 0 Å². The Kier molecular flexibility index (Phi) is 10.8. The maximum absolute atomic E-state index is 14.0. The Morgan fingerprint density at radius 1 is 1.00 bits per heavy atom. The third-order valence-corrected chi connectivity index (χ3v) is 8.15. The molecule has 1 aliphatic carbocycles. The van der Waals surface area contributed by atoms with Crippen molar-refractivity contribution in [2.24, 2.45) is 0 Å². The molecule has 0 radical (unpaired) electrons. The average Bonchev–Trinajstić information content (AvgIpc) is 3.39. The number of rotatable bonds is 12. The molecule has 4 rings (SSSR count). The van der Waals surface area contributed by atoms with Crippen LogP contribution in [0.4, 0.5) is 0 Å². The van der Waals surface area contributed by atoms with Crippen LogP contribution in [0.3, 0.4) is 0 Å². The van der Waals surface area contributed by atoms with Gasteiger partial charge in [0.25, 0.3) is 5.91 Å². The summed E-state index contributed by atoms with van der Waals surface area (Å²) in [5.41, 5.74) is 3.88. The Balaban J connectivity index is 1.55. The molecule has 1 heterocycles. The number of benzene rings is 2. The summed E-state index contributed by atoms with van der Waals surface area (Å²) >= 11 is 3.51. The third kappa shape index (κ3) is 8.05. The van der Waals surface area contributed by atoms with Gasteiger partial charge >= 0.3 is 0 Å². The van der Waals surface area contributed by atoms with Gasteiger partial charge in [0.05, 0.1) is 6.54 Å². The summed E-state index contributed by atoms with van der Waals surface area (Å²) in [6, 6.07) is 20.3. The standard InChI is InChI=1S/C32H40BrN3O3/c1-25-10-6-7-14-30(25)32(38)35(20-9-21-39-2)24-31(37)36(28-11-4-3-5-12-28)23-29-13-8-19-34(29)22-26-15-17-27(33)18-16-26/h6-8,10,13-19,28H,3-5,9,11-12,20-24H2,1-2H3. The van der Waals surface area contributed by atoms with Crippen molar-refractivity contribution < 1.29 is 14.3 Å². The first-order valence-corrected chi connectivity index (χ1v) is 14.8. The zero-order valence-electron chi connectivity index (χ0n) is 23.2. The number of aryl methyl sites for hydroxylation is 1. The van der Waals surface area contributed by atoms with Gasteiger partial charge in [-0.05, 0) is 67.6 Å². The van der Waals surface area contributed by atoms with Gasteiger partial charge in [-0.3, -0.25) is 9.59 Å². The number of hydrogen-bond acceptors (Lipinski definition) is 3. The number of amides is 2. The van der Waals surface area contributed by atoms with E-state index in [1.165, 1.54) is 12.0 Å². The molecule has 6 nitrogen and oxygen atoms in total. The van der Waals surface area contributed by atoms with Gasteiger partial charge in [0, 0.05) is 54.8 Å². The Bertz CT molecular complexity index is 1220. The fourth-order valence-electron chi connectivity index (χ4n) is 5.41. The average molecular weight is 595 g/mol. The summed E-state index contributed by atoms with van der Waals surface area (Å²) in [4.78, 5) is 31.4. The first-order chi connectivity index (χ1) is 19.0. The van der Waals surface area contributed by atoms with Gasteiger partial charge in [-0.15, -0.1) is 0 Å². The summed E-state index contributed by atoms with van der Waals surface area (Å²) < 4.78 is 8.53. The largest absolute Gasteiger partial charge is 0.385 e. The Morgan fingerprint density at radius 2 is 1.74 bits per heavy atom. The number of carbonyl (C=O) groups excluding carboxylic acids is 2. The van der Waals surface area contributed by atoms with Crippen molar-refractivity contribution >= 4 is 27.7 Å². The summed E-state index contributed by atoms with van der Waals surface area (Å²) in [6.07, 6.45) is 8.26. The number of aromatic nitrogens is 1. The topological polar surface area (TPSA) is 54.8 Å². The maximum atomic E-state index is 14.0. The van der Waals surface area contributed by atoms with Crippen molar-refractivity contribution in [3.8, 4) is 0 Å². The van der Waals surface area contributed by atoms with E-state index in [-0.39, 0.29) is 24.4 Å². The SMILES string of the molecule is COCCCN(CC(=O)N(Cc1cccn1Cc1ccc(Br)cc1)C1CCCCC1)C(=O)c1ccccc1C. The lowest BCUT2D eigenvalue weighted by atomic mass is 9.94. The molecule has 0 unspecified atom stereocenters. The number of hydrogen-bond donors (Lipinski definition) is 0.